The number of piperidine rings is 1. The van der Waals surface area contributed by atoms with Crippen molar-refractivity contribution in [2.75, 3.05) is 19.6 Å². The predicted octanol–water partition coefficient (Wildman–Crippen LogP) is 4.83. The summed E-state index contributed by atoms with van der Waals surface area (Å²) >= 11 is 5.95. The maximum atomic E-state index is 13.2. The van der Waals surface area contributed by atoms with E-state index in [0.29, 0.717) is 35.7 Å². The highest BCUT2D eigenvalue weighted by Crippen LogP contribution is 2.30. The SMILES string of the molecule is CCC[C@H]1CN(C(C)C)CC[C@@H]1N1CC[C@H](NC(=O)c2ccc(-c3ccc(Cl)cc3)o2)C1=O. The lowest BCUT2D eigenvalue weighted by Gasteiger charge is -2.44. The van der Waals surface area contributed by atoms with Crippen LogP contribution in [0.25, 0.3) is 11.3 Å². The van der Waals surface area contributed by atoms with E-state index < -0.39 is 6.04 Å². The normalized spacial score (nSPS) is 24.0. The predicted molar refractivity (Wildman–Crippen MR) is 130 cm³/mol. The van der Waals surface area contributed by atoms with Crippen molar-refractivity contribution in [1.82, 2.24) is 15.1 Å². The van der Waals surface area contributed by atoms with Gasteiger partial charge in [-0.3, -0.25) is 9.59 Å². The van der Waals surface area contributed by atoms with E-state index in [2.05, 4.69) is 31.0 Å². The standard InChI is InChI=1S/C26H34ClN3O3/c1-4-5-19-16-29(17(2)3)14-13-22(19)30-15-12-21(26(30)32)28-25(31)24-11-10-23(33-24)18-6-8-20(27)9-7-18/h6-11,17,19,21-22H,4-5,12-16H2,1-3H3,(H,28,31)/t19-,21-,22-/m0/s1. The van der Waals surface area contributed by atoms with Crippen LogP contribution in [0.15, 0.2) is 40.8 Å². The first-order valence-electron chi connectivity index (χ1n) is 12.1. The highest BCUT2D eigenvalue weighted by molar-refractivity contribution is 6.30. The fourth-order valence-corrected chi connectivity index (χ4v) is 5.33. The van der Waals surface area contributed by atoms with Crippen LogP contribution in [0.5, 0.6) is 0 Å². The monoisotopic (exact) mass is 471 g/mol. The van der Waals surface area contributed by atoms with E-state index in [-0.39, 0.29) is 23.6 Å². The van der Waals surface area contributed by atoms with Gasteiger partial charge in [0, 0.05) is 42.3 Å². The first-order chi connectivity index (χ1) is 15.9. The minimum atomic E-state index is -0.494. The number of carbonyl (C=O) groups excluding carboxylic acids is 2. The van der Waals surface area contributed by atoms with Crippen molar-refractivity contribution in [3.8, 4) is 11.3 Å². The molecule has 7 heteroatoms. The Balaban J connectivity index is 1.39. The van der Waals surface area contributed by atoms with Crippen molar-refractivity contribution in [1.29, 1.82) is 0 Å². The molecule has 3 atom stereocenters. The molecule has 2 amide bonds. The van der Waals surface area contributed by atoms with Gasteiger partial charge in [0.05, 0.1) is 0 Å². The third-order valence-electron chi connectivity index (χ3n) is 7.02. The third-order valence-corrected chi connectivity index (χ3v) is 7.27. The van der Waals surface area contributed by atoms with Crippen LogP contribution in [-0.4, -0.2) is 59.4 Å². The summed E-state index contributed by atoms with van der Waals surface area (Å²) in [5.41, 5.74) is 0.844. The van der Waals surface area contributed by atoms with E-state index in [1.807, 2.05) is 17.0 Å². The molecule has 1 N–H and O–H groups in total. The van der Waals surface area contributed by atoms with Gasteiger partial charge >= 0.3 is 0 Å². The second-order valence-corrected chi connectivity index (χ2v) is 9.95. The Kier molecular flexibility index (Phi) is 7.45. The molecule has 0 saturated carbocycles. The van der Waals surface area contributed by atoms with E-state index in [0.717, 1.165) is 37.9 Å². The Bertz CT molecular complexity index is 971. The molecular formula is C26H34ClN3O3. The summed E-state index contributed by atoms with van der Waals surface area (Å²) in [6.45, 7) is 9.44. The maximum Gasteiger partial charge on any atom is 0.287 e. The van der Waals surface area contributed by atoms with Gasteiger partial charge in [-0.25, -0.2) is 0 Å². The number of rotatable bonds is 7. The van der Waals surface area contributed by atoms with Crippen LogP contribution < -0.4 is 5.32 Å². The number of likely N-dealkylation sites (tertiary alicyclic amines) is 2. The van der Waals surface area contributed by atoms with Crippen LogP contribution >= 0.6 is 11.6 Å². The van der Waals surface area contributed by atoms with Crippen LogP contribution in [0.1, 0.15) is 57.0 Å². The van der Waals surface area contributed by atoms with Crippen molar-refractivity contribution < 1.29 is 14.0 Å². The largest absolute Gasteiger partial charge is 0.451 e. The Morgan fingerprint density at radius 3 is 2.61 bits per heavy atom. The Labute approximate surface area is 201 Å². The lowest BCUT2D eigenvalue weighted by molar-refractivity contribution is -0.133. The number of hydrogen-bond acceptors (Lipinski definition) is 4. The van der Waals surface area contributed by atoms with Gasteiger partial charge in [-0.05, 0) is 75.4 Å². The summed E-state index contributed by atoms with van der Waals surface area (Å²) in [6.07, 6.45) is 3.87. The summed E-state index contributed by atoms with van der Waals surface area (Å²) in [5, 5.41) is 3.55. The van der Waals surface area contributed by atoms with Crippen LogP contribution in [-0.2, 0) is 4.79 Å². The number of hydrogen-bond donors (Lipinski definition) is 1. The van der Waals surface area contributed by atoms with E-state index in [1.54, 1.807) is 24.3 Å². The van der Waals surface area contributed by atoms with Gasteiger partial charge in [-0.1, -0.05) is 24.9 Å². The average Bonchev–Trinajstić information content (AvgIpc) is 3.42. The molecule has 0 bridgehead atoms. The summed E-state index contributed by atoms with van der Waals surface area (Å²) in [5.74, 6) is 0.972. The molecule has 0 radical (unpaired) electrons. The number of furan rings is 1. The summed E-state index contributed by atoms with van der Waals surface area (Å²) in [7, 11) is 0. The number of carbonyl (C=O) groups is 2. The summed E-state index contributed by atoms with van der Waals surface area (Å²) in [6, 6.07) is 11.0. The zero-order valence-corrected chi connectivity index (χ0v) is 20.5. The molecule has 1 aromatic carbocycles. The van der Waals surface area contributed by atoms with Crippen LogP contribution in [0.3, 0.4) is 0 Å². The minimum Gasteiger partial charge on any atom is -0.451 e. The Hall–Kier alpha value is -2.31. The van der Waals surface area contributed by atoms with Crippen molar-refractivity contribution in [2.45, 2.75) is 64.6 Å². The smallest absolute Gasteiger partial charge is 0.287 e. The zero-order valence-electron chi connectivity index (χ0n) is 19.7. The van der Waals surface area contributed by atoms with Crippen LogP contribution in [0, 0.1) is 5.92 Å². The molecule has 2 fully saturated rings. The number of nitrogens with zero attached hydrogens (tertiary/aromatic N) is 2. The highest BCUT2D eigenvalue weighted by Gasteiger charge is 2.41. The minimum absolute atomic E-state index is 0.0388. The van der Waals surface area contributed by atoms with Crippen molar-refractivity contribution in [3.63, 3.8) is 0 Å². The zero-order chi connectivity index (χ0) is 23.5. The first kappa shape index (κ1) is 23.8. The molecule has 2 aromatic rings. The Morgan fingerprint density at radius 1 is 1.15 bits per heavy atom. The maximum absolute atomic E-state index is 13.2. The number of amides is 2. The average molecular weight is 472 g/mol. The number of halogens is 1. The van der Waals surface area contributed by atoms with Crippen LogP contribution in [0.4, 0.5) is 0 Å². The molecule has 1 aromatic heterocycles. The van der Waals surface area contributed by atoms with Gasteiger partial charge in [0.15, 0.2) is 5.76 Å². The second kappa shape index (κ2) is 10.3. The van der Waals surface area contributed by atoms with Gasteiger partial charge < -0.3 is 19.5 Å². The van der Waals surface area contributed by atoms with Gasteiger partial charge in [-0.2, -0.15) is 0 Å². The molecule has 0 spiro atoms. The molecule has 6 nitrogen and oxygen atoms in total. The first-order valence-corrected chi connectivity index (χ1v) is 12.5. The molecule has 3 heterocycles. The lowest BCUT2D eigenvalue weighted by atomic mass is 9.86. The fourth-order valence-electron chi connectivity index (χ4n) is 5.21. The molecule has 2 saturated heterocycles. The van der Waals surface area contributed by atoms with Gasteiger partial charge in [0.25, 0.3) is 5.91 Å². The van der Waals surface area contributed by atoms with Gasteiger partial charge in [-0.15, -0.1) is 0 Å². The highest BCUT2D eigenvalue weighted by atomic mass is 35.5. The quantitative estimate of drug-likeness (QED) is 0.628. The van der Waals surface area contributed by atoms with Gasteiger partial charge in [0.2, 0.25) is 5.91 Å². The van der Waals surface area contributed by atoms with Crippen molar-refractivity contribution in [3.05, 3.63) is 47.2 Å². The van der Waals surface area contributed by atoms with Crippen molar-refractivity contribution in [2.24, 2.45) is 5.92 Å². The lowest BCUT2D eigenvalue weighted by Crippen LogP contribution is -2.54. The fraction of sp³-hybridized carbons (Fsp3) is 0.538. The number of nitrogens with one attached hydrogen (secondary N) is 1. The number of benzene rings is 1. The van der Waals surface area contributed by atoms with Crippen LogP contribution in [0.2, 0.25) is 5.02 Å². The summed E-state index contributed by atoms with van der Waals surface area (Å²) in [4.78, 5) is 30.6. The molecule has 178 valence electrons. The molecule has 0 aliphatic carbocycles. The van der Waals surface area contributed by atoms with E-state index in [4.69, 9.17) is 16.0 Å². The third kappa shape index (κ3) is 5.28. The summed E-state index contributed by atoms with van der Waals surface area (Å²) < 4.78 is 5.76. The van der Waals surface area contributed by atoms with E-state index >= 15 is 0 Å². The van der Waals surface area contributed by atoms with E-state index in [1.165, 1.54) is 0 Å². The van der Waals surface area contributed by atoms with Crippen molar-refractivity contribution >= 4 is 23.4 Å². The second-order valence-electron chi connectivity index (χ2n) is 9.51. The van der Waals surface area contributed by atoms with Gasteiger partial charge in [0.1, 0.15) is 11.8 Å². The molecule has 2 aliphatic heterocycles. The molecule has 2 aliphatic rings. The Morgan fingerprint density at radius 2 is 1.91 bits per heavy atom. The van der Waals surface area contributed by atoms with E-state index in [9.17, 15) is 9.59 Å². The molecule has 0 unspecified atom stereocenters. The topological polar surface area (TPSA) is 65.8 Å². The molecule has 33 heavy (non-hydrogen) atoms. The molecule has 4 rings (SSSR count). The molecular weight excluding hydrogens is 438 g/mol.